The number of nitrogens with one attached hydrogen (secondary N) is 3. The molecule has 3 saturated heterocycles. The van der Waals surface area contributed by atoms with Crippen molar-refractivity contribution in [2.45, 2.75) is 210 Å². The molecule has 0 aromatic heterocycles. The number of hydrogen-bond acceptors (Lipinski definition) is 27. The van der Waals surface area contributed by atoms with E-state index in [0.29, 0.717) is 33.4 Å². The monoisotopic (exact) mass is 1250 g/mol. The van der Waals surface area contributed by atoms with Gasteiger partial charge in [0.2, 0.25) is 17.7 Å². The Morgan fingerprint density at radius 3 is 0.714 bits per heavy atom. The quantitative estimate of drug-likeness (QED) is 0.0987. The molecule has 15 atom stereocenters. The highest BCUT2D eigenvalue weighted by molar-refractivity contribution is 7.99. The normalized spacial score (nSPS) is 27.2. The van der Waals surface area contributed by atoms with Crippen molar-refractivity contribution in [1.29, 1.82) is 0 Å². The third-order valence-corrected chi connectivity index (χ3v) is 16.7. The molecule has 0 aliphatic carbocycles. The number of carbonyl (C=O) groups excluding carboxylic acids is 12. The van der Waals surface area contributed by atoms with Crippen LogP contribution in [0.15, 0.2) is 0 Å². The molecule has 3 aliphatic heterocycles. The van der Waals surface area contributed by atoms with Crippen molar-refractivity contribution in [1.82, 2.24) is 16.0 Å². The Labute approximate surface area is 498 Å². The lowest BCUT2D eigenvalue weighted by Crippen LogP contribution is -2.65. The maximum Gasteiger partial charge on any atom is 0.303 e. The molecule has 1 aromatic rings. The zero-order valence-electron chi connectivity index (χ0n) is 49.4. The molecule has 0 saturated carbocycles. The first-order chi connectivity index (χ1) is 39.3. The van der Waals surface area contributed by atoms with Gasteiger partial charge in [0.05, 0.1) is 0 Å². The van der Waals surface area contributed by atoms with E-state index in [1.807, 2.05) is 20.8 Å². The van der Waals surface area contributed by atoms with Crippen LogP contribution in [0.4, 0.5) is 0 Å². The predicted molar refractivity (Wildman–Crippen MR) is 297 cm³/mol. The molecule has 4 rings (SSSR count). The van der Waals surface area contributed by atoms with E-state index in [2.05, 4.69) is 16.0 Å². The van der Waals surface area contributed by atoms with Crippen LogP contribution in [0.1, 0.15) is 116 Å². The zero-order chi connectivity index (χ0) is 63.0. The number of benzene rings is 1. The van der Waals surface area contributed by atoms with E-state index in [0.717, 1.165) is 97.6 Å². The number of carbonyl (C=O) groups is 12. The maximum atomic E-state index is 12.9. The Morgan fingerprint density at radius 2 is 0.536 bits per heavy atom. The van der Waals surface area contributed by atoms with Gasteiger partial charge < -0.3 is 72.8 Å². The second kappa shape index (κ2) is 32.3. The minimum atomic E-state index is -1.36. The van der Waals surface area contributed by atoms with E-state index in [-0.39, 0.29) is 17.3 Å². The lowest BCUT2D eigenvalue weighted by molar-refractivity contribution is -0.211. The second-order valence-electron chi connectivity index (χ2n) is 19.9. The molecule has 27 nitrogen and oxygen atoms in total. The Morgan fingerprint density at radius 1 is 0.333 bits per heavy atom. The van der Waals surface area contributed by atoms with Crippen LogP contribution in [0.3, 0.4) is 0 Å². The van der Waals surface area contributed by atoms with Crippen molar-refractivity contribution in [3.8, 4) is 0 Å². The van der Waals surface area contributed by atoms with Crippen LogP contribution < -0.4 is 16.0 Å². The topological polar surface area (TPSA) is 352 Å². The summed E-state index contributed by atoms with van der Waals surface area (Å²) in [5.74, 6) is -8.27. The molecule has 0 radical (unpaired) electrons. The lowest BCUT2D eigenvalue weighted by atomic mass is 9.90. The van der Waals surface area contributed by atoms with Gasteiger partial charge in [0, 0.05) is 100 Å². The summed E-state index contributed by atoms with van der Waals surface area (Å²) in [4.78, 5) is 151. The average Bonchev–Trinajstić information content (AvgIpc) is 1.36. The molecule has 3 aliphatic rings. The maximum absolute atomic E-state index is 12.9. The third kappa shape index (κ3) is 20.5. The van der Waals surface area contributed by atoms with Gasteiger partial charge in [-0.15, -0.1) is 35.3 Å². The van der Waals surface area contributed by atoms with Crippen LogP contribution in [0.2, 0.25) is 0 Å². The number of amides is 3. The molecule has 3 fully saturated rings. The van der Waals surface area contributed by atoms with Gasteiger partial charge in [-0.25, -0.2) is 0 Å². The van der Waals surface area contributed by atoms with Gasteiger partial charge in [0.1, 0.15) is 72.6 Å². The van der Waals surface area contributed by atoms with Crippen molar-refractivity contribution in [3.05, 3.63) is 33.4 Å². The van der Waals surface area contributed by atoms with E-state index in [4.69, 9.17) is 56.8 Å². The van der Waals surface area contributed by atoms with Crippen LogP contribution >= 0.6 is 35.3 Å². The van der Waals surface area contributed by atoms with E-state index in [1.165, 1.54) is 20.8 Å². The highest BCUT2D eigenvalue weighted by Gasteiger charge is 2.54. The summed E-state index contributed by atoms with van der Waals surface area (Å²) in [7, 11) is 0. The van der Waals surface area contributed by atoms with E-state index in [1.54, 1.807) is 0 Å². The van der Waals surface area contributed by atoms with Gasteiger partial charge in [-0.05, 0) is 54.2 Å². The van der Waals surface area contributed by atoms with E-state index in [9.17, 15) is 57.5 Å². The van der Waals surface area contributed by atoms with Crippen LogP contribution in [0, 0.1) is 20.8 Å². The van der Waals surface area contributed by atoms with Gasteiger partial charge in [0.15, 0.2) is 36.6 Å². The summed E-state index contributed by atoms with van der Waals surface area (Å²) in [6, 6.07) is -3.51. The SMILES string of the molecule is CC(=O)N[C@@H]1[C@@H](OC(C)=O)[C@H](OC(C)=O)[C@@H](COC(C)=O)O[C@H]1SCc1c(C)c(CS[C@@H]2O[C@H](COC(C)=O)[C@@H](OC(C)=O)[C@H](OC(C)=O)[C@H]2NC(C)=O)c(C)c(CS[C@@H]2O[C@H](COC(C)=O)[C@@H](OC(C)=O)[C@H](OC(C)=O)[C@H]2NC(C)=O)c1C. The molecule has 468 valence electrons. The largest absolute Gasteiger partial charge is 0.463 e. The van der Waals surface area contributed by atoms with Gasteiger partial charge in [-0.3, -0.25) is 57.5 Å². The fourth-order valence-electron chi connectivity index (χ4n) is 9.84. The van der Waals surface area contributed by atoms with Crippen molar-refractivity contribution >= 4 is 107 Å². The summed E-state index contributed by atoms with van der Waals surface area (Å²) in [6.07, 6.45) is -11.8. The average molecular weight is 1250 g/mol. The third-order valence-electron chi connectivity index (χ3n) is 13.1. The smallest absolute Gasteiger partial charge is 0.303 e. The molecule has 0 unspecified atom stereocenters. The Bertz CT molecular complexity index is 2340. The highest BCUT2D eigenvalue weighted by Crippen LogP contribution is 2.42. The lowest BCUT2D eigenvalue weighted by Gasteiger charge is -2.45. The number of hydrogen-bond donors (Lipinski definition) is 3. The fraction of sp³-hybridized carbons (Fsp3) is 0.667. The fourth-order valence-corrected chi connectivity index (χ4v) is 14.1. The Hall–Kier alpha value is -6.21. The molecular weight excluding hydrogens is 1170 g/mol. The van der Waals surface area contributed by atoms with E-state index >= 15 is 0 Å². The van der Waals surface area contributed by atoms with Crippen molar-refractivity contribution in [3.63, 3.8) is 0 Å². The second-order valence-corrected chi connectivity index (χ2v) is 23.2. The molecule has 3 heterocycles. The minimum Gasteiger partial charge on any atom is -0.463 e. The summed E-state index contributed by atoms with van der Waals surface area (Å²) in [5, 5.41) is 8.36. The molecule has 3 N–H and O–H groups in total. The minimum absolute atomic E-state index is 0.0777. The van der Waals surface area contributed by atoms with E-state index < -0.39 is 181 Å². The predicted octanol–water partition coefficient (Wildman–Crippen LogP) is 2.28. The Balaban J connectivity index is 1.97. The van der Waals surface area contributed by atoms with Crippen molar-refractivity contribution in [2.75, 3.05) is 19.8 Å². The van der Waals surface area contributed by atoms with Crippen LogP contribution in [0.5, 0.6) is 0 Å². The summed E-state index contributed by atoms with van der Waals surface area (Å²) in [6.45, 7) is 18.1. The Kier molecular flexibility index (Phi) is 27.1. The molecule has 0 spiro atoms. The number of ether oxygens (including phenoxy) is 12. The number of rotatable bonds is 24. The molecular formula is C54H75N3O24S3. The van der Waals surface area contributed by atoms with Gasteiger partial charge in [-0.2, -0.15) is 0 Å². The summed E-state index contributed by atoms with van der Waals surface area (Å²) >= 11 is 3.47. The number of esters is 9. The van der Waals surface area contributed by atoms with Crippen molar-refractivity contribution in [2.24, 2.45) is 0 Å². The van der Waals surface area contributed by atoms with Gasteiger partial charge in [0.25, 0.3) is 0 Å². The molecule has 3 amide bonds. The van der Waals surface area contributed by atoms with Crippen LogP contribution in [0.25, 0.3) is 0 Å². The summed E-state index contributed by atoms with van der Waals surface area (Å²) in [5.41, 5.74) is 0.905. The van der Waals surface area contributed by atoms with Crippen molar-refractivity contribution < 1.29 is 114 Å². The van der Waals surface area contributed by atoms with Gasteiger partial charge >= 0.3 is 53.7 Å². The van der Waals surface area contributed by atoms with Gasteiger partial charge in [-0.1, -0.05) is 0 Å². The summed E-state index contributed by atoms with van der Waals surface area (Å²) < 4.78 is 69.7. The standard InChI is InChI=1S/C54H75N3O24S3/c1-22-37(19-82-52-43(55-25(4)58)49(76-34(13)67)46(73-31(10)64)40(79-52)16-70-28(7)61)23(2)39(21-84-54-45(57-27(6)60)51(78-36(15)69)48(75-33(12)66)42(81-54)18-72-30(9)63)24(3)38(22)20-83-53-44(56-26(5)59)50(77-35(14)68)47(74-32(11)65)41(80-53)17-71-29(8)62/h40-54H,16-21H2,1-15H3,(H,55,58)(H,56,59)(H,57,60)/t40-,41-,42-,43-,44-,45-,46-,47-,48-,49-,50-,51-,52+,53+,54+/m1/s1. The number of thioether (sulfide) groups is 3. The zero-order valence-corrected chi connectivity index (χ0v) is 51.9. The molecule has 1 aromatic carbocycles. The molecule has 84 heavy (non-hydrogen) atoms. The molecule has 30 heteroatoms. The van der Waals surface area contributed by atoms with Crippen LogP contribution in [-0.2, 0) is 132 Å². The van der Waals surface area contributed by atoms with Crippen LogP contribution in [-0.4, -0.2) is 181 Å². The first-order valence-electron chi connectivity index (χ1n) is 26.5. The molecule has 0 bridgehead atoms. The first-order valence-corrected chi connectivity index (χ1v) is 29.6. The first kappa shape index (κ1) is 70.3. The highest BCUT2D eigenvalue weighted by atomic mass is 32.2.